The van der Waals surface area contributed by atoms with Crippen LogP contribution in [0.4, 0.5) is 8.78 Å². The van der Waals surface area contributed by atoms with Crippen LogP contribution in [0.15, 0.2) is 30.3 Å². The van der Waals surface area contributed by atoms with Gasteiger partial charge in [-0.1, -0.05) is 11.6 Å². The molecule has 0 aliphatic carbocycles. The molecular formula is C20H19ClF2N2O4. The molecule has 0 radical (unpaired) electrons. The highest BCUT2D eigenvalue weighted by Crippen LogP contribution is 2.38. The summed E-state index contributed by atoms with van der Waals surface area (Å²) in [4.78, 5) is 23.8. The van der Waals surface area contributed by atoms with E-state index in [1.165, 1.54) is 0 Å². The molecule has 29 heavy (non-hydrogen) atoms. The maximum Gasteiger partial charge on any atom is 0.254 e. The smallest absolute Gasteiger partial charge is 0.254 e. The van der Waals surface area contributed by atoms with Crippen LogP contribution < -0.4 is 20.1 Å². The summed E-state index contributed by atoms with van der Waals surface area (Å²) in [6.45, 7) is 1.30. The molecule has 0 saturated carbocycles. The van der Waals surface area contributed by atoms with E-state index < -0.39 is 17.5 Å². The van der Waals surface area contributed by atoms with Crippen molar-refractivity contribution in [2.75, 3.05) is 26.3 Å². The second kappa shape index (κ2) is 9.56. The maximum absolute atomic E-state index is 13.5. The lowest BCUT2D eigenvalue weighted by Crippen LogP contribution is -2.32. The van der Waals surface area contributed by atoms with Crippen molar-refractivity contribution in [3.63, 3.8) is 0 Å². The third kappa shape index (κ3) is 5.57. The van der Waals surface area contributed by atoms with Gasteiger partial charge in [0.2, 0.25) is 5.91 Å². The van der Waals surface area contributed by atoms with Crippen LogP contribution in [-0.4, -0.2) is 38.1 Å². The first-order chi connectivity index (χ1) is 13.9. The molecule has 3 rings (SSSR count). The number of fused-ring (bicyclic) bond motifs is 1. The van der Waals surface area contributed by atoms with Gasteiger partial charge in [0, 0.05) is 25.6 Å². The van der Waals surface area contributed by atoms with E-state index in [0.717, 1.165) is 17.7 Å². The largest absolute Gasteiger partial charge is 0.486 e. The first-order valence-electron chi connectivity index (χ1n) is 9.02. The van der Waals surface area contributed by atoms with E-state index in [4.69, 9.17) is 21.1 Å². The zero-order valence-corrected chi connectivity index (χ0v) is 16.2. The zero-order chi connectivity index (χ0) is 20.8. The Morgan fingerprint density at radius 2 is 1.83 bits per heavy atom. The Morgan fingerprint density at radius 1 is 1.03 bits per heavy atom. The van der Waals surface area contributed by atoms with E-state index in [2.05, 4.69) is 10.6 Å². The molecule has 2 N–H and O–H groups in total. The molecule has 1 aliphatic rings. The minimum Gasteiger partial charge on any atom is -0.486 e. The van der Waals surface area contributed by atoms with Gasteiger partial charge in [0.15, 0.2) is 11.5 Å². The first kappa shape index (κ1) is 20.9. The predicted octanol–water partition coefficient (Wildman–Crippen LogP) is 2.87. The van der Waals surface area contributed by atoms with E-state index in [0.29, 0.717) is 48.8 Å². The van der Waals surface area contributed by atoms with Crippen molar-refractivity contribution in [3.05, 3.63) is 58.1 Å². The number of halogens is 3. The Labute approximate surface area is 171 Å². The number of nitrogens with one attached hydrogen (secondary N) is 2. The standard InChI is InChI=1S/C20H19ClF2N2O4/c21-15-9-12(10-17-19(15)29-8-7-28-17)3-5-24-18(26)4-6-25-20(27)14-2-1-13(22)11-16(14)23/h1-2,9-11H,3-8H2,(H,24,26)(H,25,27). The lowest BCUT2D eigenvalue weighted by molar-refractivity contribution is -0.120. The summed E-state index contributed by atoms with van der Waals surface area (Å²) in [5.74, 6) is -1.59. The maximum atomic E-state index is 13.5. The molecule has 9 heteroatoms. The summed E-state index contributed by atoms with van der Waals surface area (Å²) in [6.07, 6.45) is 0.561. The molecule has 6 nitrogen and oxygen atoms in total. The van der Waals surface area contributed by atoms with Crippen LogP contribution in [0.25, 0.3) is 0 Å². The fraction of sp³-hybridized carbons (Fsp3) is 0.300. The summed E-state index contributed by atoms with van der Waals surface area (Å²) in [5.41, 5.74) is 0.613. The molecule has 0 saturated heterocycles. The fourth-order valence-corrected chi connectivity index (χ4v) is 3.09. The van der Waals surface area contributed by atoms with E-state index in [1.54, 1.807) is 6.07 Å². The first-order valence-corrected chi connectivity index (χ1v) is 9.40. The van der Waals surface area contributed by atoms with Crippen molar-refractivity contribution >= 4 is 23.4 Å². The SMILES string of the molecule is O=C(CCNC(=O)c1ccc(F)cc1F)NCCc1cc(Cl)c2c(c1)OCCO2. The van der Waals surface area contributed by atoms with Gasteiger partial charge in [-0.3, -0.25) is 9.59 Å². The normalized spacial score (nSPS) is 12.4. The zero-order valence-electron chi connectivity index (χ0n) is 15.4. The summed E-state index contributed by atoms with van der Waals surface area (Å²) in [5, 5.41) is 5.62. The van der Waals surface area contributed by atoms with Crippen LogP contribution in [0.2, 0.25) is 5.02 Å². The minimum absolute atomic E-state index is 0.0243. The number of hydrogen-bond donors (Lipinski definition) is 2. The van der Waals surface area contributed by atoms with E-state index in [9.17, 15) is 18.4 Å². The van der Waals surface area contributed by atoms with Gasteiger partial charge in [0.25, 0.3) is 5.91 Å². The Morgan fingerprint density at radius 3 is 2.62 bits per heavy atom. The van der Waals surface area contributed by atoms with E-state index in [1.807, 2.05) is 6.07 Å². The van der Waals surface area contributed by atoms with Crippen molar-refractivity contribution in [2.24, 2.45) is 0 Å². The molecule has 0 spiro atoms. The van der Waals surface area contributed by atoms with Crippen molar-refractivity contribution in [2.45, 2.75) is 12.8 Å². The number of benzene rings is 2. The Bertz CT molecular complexity index is 924. The van der Waals surface area contributed by atoms with Crippen LogP contribution in [0.5, 0.6) is 11.5 Å². The highest BCUT2D eigenvalue weighted by Gasteiger charge is 2.17. The molecule has 2 amide bonds. The Balaban J connectivity index is 1.40. The van der Waals surface area contributed by atoms with Gasteiger partial charge in [-0.2, -0.15) is 0 Å². The summed E-state index contributed by atoms with van der Waals surface area (Å²) in [7, 11) is 0. The number of ether oxygens (including phenoxy) is 2. The van der Waals surface area contributed by atoms with Crippen LogP contribution in [0, 0.1) is 11.6 Å². The topological polar surface area (TPSA) is 76.7 Å². The van der Waals surface area contributed by atoms with Gasteiger partial charge in [-0.05, 0) is 36.2 Å². The quantitative estimate of drug-likeness (QED) is 0.716. The number of carbonyl (C=O) groups excluding carboxylic acids is 2. The van der Waals surface area contributed by atoms with Crippen LogP contribution in [-0.2, 0) is 11.2 Å². The number of amides is 2. The molecule has 154 valence electrons. The average molecular weight is 425 g/mol. The molecule has 1 heterocycles. The van der Waals surface area contributed by atoms with Crippen molar-refractivity contribution < 1.29 is 27.8 Å². The van der Waals surface area contributed by atoms with E-state index >= 15 is 0 Å². The molecular weight excluding hydrogens is 406 g/mol. The number of carbonyl (C=O) groups is 2. The molecule has 0 fully saturated rings. The van der Waals surface area contributed by atoms with Crippen LogP contribution in [0.1, 0.15) is 22.3 Å². The second-order valence-corrected chi connectivity index (χ2v) is 6.74. The third-order valence-corrected chi connectivity index (χ3v) is 4.49. The van der Waals surface area contributed by atoms with Crippen molar-refractivity contribution in [1.29, 1.82) is 0 Å². The van der Waals surface area contributed by atoms with E-state index in [-0.39, 0.29) is 24.4 Å². The van der Waals surface area contributed by atoms with Crippen LogP contribution in [0.3, 0.4) is 0 Å². The highest BCUT2D eigenvalue weighted by atomic mass is 35.5. The molecule has 2 aromatic rings. The number of hydrogen-bond acceptors (Lipinski definition) is 4. The van der Waals surface area contributed by atoms with Gasteiger partial charge in [0.05, 0.1) is 10.6 Å². The third-order valence-electron chi connectivity index (χ3n) is 4.21. The fourth-order valence-electron chi connectivity index (χ4n) is 2.80. The molecule has 0 atom stereocenters. The summed E-state index contributed by atoms with van der Waals surface area (Å²) < 4.78 is 37.4. The lowest BCUT2D eigenvalue weighted by atomic mass is 10.1. The van der Waals surface area contributed by atoms with Crippen molar-refractivity contribution in [1.82, 2.24) is 10.6 Å². The lowest BCUT2D eigenvalue weighted by Gasteiger charge is -2.20. The number of rotatable bonds is 7. The molecule has 1 aliphatic heterocycles. The summed E-state index contributed by atoms with van der Waals surface area (Å²) in [6, 6.07) is 6.27. The van der Waals surface area contributed by atoms with Gasteiger partial charge in [0.1, 0.15) is 24.8 Å². The molecule has 0 bridgehead atoms. The van der Waals surface area contributed by atoms with Gasteiger partial charge >= 0.3 is 0 Å². The molecule has 0 aromatic heterocycles. The highest BCUT2D eigenvalue weighted by molar-refractivity contribution is 6.32. The Hall–Kier alpha value is -2.87. The van der Waals surface area contributed by atoms with Crippen LogP contribution >= 0.6 is 11.6 Å². The average Bonchev–Trinajstić information content (AvgIpc) is 2.68. The Kier molecular flexibility index (Phi) is 6.87. The van der Waals surface area contributed by atoms with Gasteiger partial charge in [-0.25, -0.2) is 8.78 Å². The summed E-state index contributed by atoms with van der Waals surface area (Å²) >= 11 is 6.18. The van der Waals surface area contributed by atoms with Crippen molar-refractivity contribution in [3.8, 4) is 11.5 Å². The molecule has 2 aromatic carbocycles. The van der Waals surface area contributed by atoms with Gasteiger partial charge < -0.3 is 20.1 Å². The predicted molar refractivity (Wildman–Crippen MR) is 102 cm³/mol. The molecule has 0 unspecified atom stereocenters. The monoisotopic (exact) mass is 424 g/mol. The minimum atomic E-state index is -0.954. The second-order valence-electron chi connectivity index (χ2n) is 6.33. The van der Waals surface area contributed by atoms with Gasteiger partial charge in [-0.15, -0.1) is 0 Å².